The molecule has 7 heteroatoms. The van der Waals surface area contributed by atoms with E-state index in [-0.39, 0.29) is 0 Å². The van der Waals surface area contributed by atoms with Gasteiger partial charge in [0.1, 0.15) is 0 Å². The fourth-order valence-electron chi connectivity index (χ4n) is 4.56. The van der Waals surface area contributed by atoms with Crippen molar-refractivity contribution < 1.29 is 8.42 Å². The zero-order valence-corrected chi connectivity index (χ0v) is 16.2. The van der Waals surface area contributed by atoms with Crippen LogP contribution in [0.15, 0.2) is 29.2 Å². The summed E-state index contributed by atoms with van der Waals surface area (Å²) >= 11 is 0. The van der Waals surface area contributed by atoms with Crippen molar-refractivity contribution in [1.29, 1.82) is 0 Å². The Bertz CT molecular complexity index is 730. The van der Waals surface area contributed by atoms with Crippen LogP contribution >= 0.6 is 0 Å². The predicted molar refractivity (Wildman–Crippen MR) is 103 cm³/mol. The molecule has 1 spiro atoms. The van der Waals surface area contributed by atoms with E-state index in [9.17, 15) is 8.42 Å². The molecule has 3 fully saturated rings. The van der Waals surface area contributed by atoms with E-state index in [0.29, 0.717) is 35.0 Å². The Morgan fingerprint density at radius 3 is 2.38 bits per heavy atom. The first-order valence-electron chi connectivity index (χ1n) is 9.76. The summed E-state index contributed by atoms with van der Waals surface area (Å²) < 4.78 is 27.2. The van der Waals surface area contributed by atoms with Crippen LogP contribution < -0.4 is 11.1 Å². The van der Waals surface area contributed by atoms with Crippen LogP contribution in [0, 0.1) is 11.3 Å². The highest BCUT2D eigenvalue weighted by atomic mass is 32.2. The molecule has 0 unspecified atom stereocenters. The van der Waals surface area contributed by atoms with Crippen molar-refractivity contribution in [2.45, 2.75) is 30.6 Å². The van der Waals surface area contributed by atoms with Gasteiger partial charge in [-0.3, -0.25) is 0 Å². The number of rotatable bonds is 4. The first-order chi connectivity index (χ1) is 12.5. The van der Waals surface area contributed by atoms with Crippen molar-refractivity contribution in [3.63, 3.8) is 0 Å². The second-order valence-electron chi connectivity index (χ2n) is 8.32. The number of nitrogens with one attached hydrogen (secondary N) is 1. The molecule has 144 valence electrons. The Hall–Kier alpha value is -1.15. The summed E-state index contributed by atoms with van der Waals surface area (Å²) in [4.78, 5) is 2.91. The number of hydrogen-bond donors (Lipinski definition) is 2. The Balaban J connectivity index is 1.29. The van der Waals surface area contributed by atoms with E-state index in [1.54, 1.807) is 28.6 Å². The maximum absolute atomic E-state index is 12.8. The molecule has 1 aromatic rings. The molecule has 3 aliphatic rings. The molecule has 3 aliphatic heterocycles. The maximum Gasteiger partial charge on any atom is 0.243 e. The normalized spacial score (nSPS) is 25.2. The van der Waals surface area contributed by atoms with Crippen molar-refractivity contribution in [3.05, 3.63) is 24.3 Å². The van der Waals surface area contributed by atoms with Crippen LogP contribution in [0.5, 0.6) is 0 Å². The van der Waals surface area contributed by atoms with Gasteiger partial charge in [0.25, 0.3) is 0 Å². The lowest BCUT2D eigenvalue weighted by atomic mass is 9.73. The molecule has 0 aromatic heterocycles. The summed E-state index contributed by atoms with van der Waals surface area (Å²) in [6.07, 6.45) is 4.51. The SMILES string of the molecule is Nc1cccc(S(=O)(=O)N2CCC(CN3CCC4(CC3)CNC4)CC2)c1. The molecule has 4 rings (SSSR count). The second-order valence-corrected chi connectivity index (χ2v) is 10.3. The molecule has 3 N–H and O–H groups in total. The molecule has 0 aliphatic carbocycles. The van der Waals surface area contributed by atoms with E-state index in [4.69, 9.17) is 5.73 Å². The summed E-state index contributed by atoms with van der Waals surface area (Å²) in [6, 6.07) is 6.61. The molecule has 0 bridgehead atoms. The predicted octanol–water partition coefficient (Wildman–Crippen LogP) is 1.35. The van der Waals surface area contributed by atoms with Gasteiger partial charge in [0.2, 0.25) is 10.0 Å². The summed E-state index contributed by atoms with van der Waals surface area (Å²) in [5, 5.41) is 3.42. The maximum atomic E-state index is 12.8. The molecule has 0 amide bonds. The average Bonchev–Trinajstić information content (AvgIpc) is 2.62. The summed E-state index contributed by atoms with van der Waals surface area (Å²) in [5.74, 6) is 0.607. The molecule has 0 saturated carbocycles. The van der Waals surface area contributed by atoms with Crippen LogP contribution in [0.4, 0.5) is 5.69 Å². The third kappa shape index (κ3) is 3.63. The van der Waals surface area contributed by atoms with Gasteiger partial charge in [-0.1, -0.05) is 6.07 Å². The zero-order chi connectivity index (χ0) is 18.2. The monoisotopic (exact) mass is 378 g/mol. The number of likely N-dealkylation sites (tertiary alicyclic amines) is 1. The summed E-state index contributed by atoms with van der Waals surface area (Å²) in [5.41, 5.74) is 6.83. The number of benzene rings is 1. The zero-order valence-electron chi connectivity index (χ0n) is 15.4. The first-order valence-corrected chi connectivity index (χ1v) is 11.2. The van der Waals surface area contributed by atoms with E-state index in [2.05, 4.69) is 10.2 Å². The highest BCUT2D eigenvalue weighted by molar-refractivity contribution is 7.89. The van der Waals surface area contributed by atoms with Crippen LogP contribution in [-0.2, 0) is 10.0 Å². The van der Waals surface area contributed by atoms with Gasteiger partial charge in [0, 0.05) is 38.4 Å². The van der Waals surface area contributed by atoms with Crippen LogP contribution in [-0.4, -0.2) is 63.4 Å². The molecule has 26 heavy (non-hydrogen) atoms. The second kappa shape index (κ2) is 7.11. The average molecular weight is 379 g/mol. The lowest BCUT2D eigenvalue weighted by Crippen LogP contribution is -2.58. The minimum atomic E-state index is -3.42. The highest BCUT2D eigenvalue weighted by Gasteiger charge is 2.40. The van der Waals surface area contributed by atoms with Gasteiger partial charge < -0.3 is 16.0 Å². The Labute approximate surface area is 156 Å². The van der Waals surface area contributed by atoms with Crippen molar-refractivity contribution in [3.8, 4) is 0 Å². The molecular formula is C19H30N4O2S. The van der Waals surface area contributed by atoms with Gasteiger partial charge in [-0.15, -0.1) is 0 Å². The van der Waals surface area contributed by atoms with Crippen molar-refractivity contribution in [2.75, 3.05) is 51.5 Å². The molecule has 3 saturated heterocycles. The third-order valence-corrected chi connectivity index (χ3v) is 8.40. The molecule has 6 nitrogen and oxygen atoms in total. The van der Waals surface area contributed by atoms with E-state index >= 15 is 0 Å². The fourth-order valence-corrected chi connectivity index (χ4v) is 6.09. The Kier molecular flexibility index (Phi) is 4.98. The molecule has 3 heterocycles. The van der Waals surface area contributed by atoms with Gasteiger partial charge >= 0.3 is 0 Å². The number of nitrogen functional groups attached to an aromatic ring is 1. The minimum absolute atomic E-state index is 0.311. The van der Waals surface area contributed by atoms with Gasteiger partial charge in [-0.2, -0.15) is 4.31 Å². The van der Waals surface area contributed by atoms with Gasteiger partial charge in [-0.05, 0) is 68.3 Å². The smallest absolute Gasteiger partial charge is 0.243 e. The van der Waals surface area contributed by atoms with Crippen LogP contribution in [0.25, 0.3) is 0 Å². The number of nitrogens with two attached hydrogens (primary N) is 1. The van der Waals surface area contributed by atoms with Crippen LogP contribution in [0.1, 0.15) is 25.7 Å². The Morgan fingerprint density at radius 1 is 1.12 bits per heavy atom. The van der Waals surface area contributed by atoms with E-state index in [1.165, 1.54) is 39.0 Å². The van der Waals surface area contributed by atoms with Crippen molar-refractivity contribution >= 4 is 15.7 Å². The standard InChI is InChI=1S/C19H30N4O2S/c20-17-2-1-3-18(12-17)26(24,25)23-8-4-16(5-9-23)13-22-10-6-19(7-11-22)14-21-15-19/h1-3,12,16,21H,4-11,13-15,20H2. The van der Waals surface area contributed by atoms with Gasteiger partial charge in [-0.25, -0.2) is 8.42 Å². The largest absolute Gasteiger partial charge is 0.399 e. The number of nitrogens with zero attached hydrogens (tertiary/aromatic N) is 2. The van der Waals surface area contributed by atoms with Crippen molar-refractivity contribution in [2.24, 2.45) is 11.3 Å². The van der Waals surface area contributed by atoms with E-state index in [0.717, 1.165) is 19.4 Å². The minimum Gasteiger partial charge on any atom is -0.399 e. The highest BCUT2D eigenvalue weighted by Crippen LogP contribution is 2.35. The van der Waals surface area contributed by atoms with E-state index < -0.39 is 10.0 Å². The van der Waals surface area contributed by atoms with Gasteiger partial charge in [0.15, 0.2) is 0 Å². The van der Waals surface area contributed by atoms with Crippen molar-refractivity contribution in [1.82, 2.24) is 14.5 Å². The molecule has 0 radical (unpaired) electrons. The molecular weight excluding hydrogens is 348 g/mol. The fraction of sp³-hybridized carbons (Fsp3) is 0.684. The number of sulfonamides is 1. The number of hydrogen-bond acceptors (Lipinski definition) is 5. The number of piperidine rings is 2. The summed E-state index contributed by atoms with van der Waals surface area (Å²) in [6.45, 7) is 7.14. The topological polar surface area (TPSA) is 78.7 Å². The molecule has 0 atom stereocenters. The first kappa shape index (κ1) is 18.2. The Morgan fingerprint density at radius 2 is 1.81 bits per heavy atom. The lowest BCUT2D eigenvalue weighted by Gasteiger charge is -2.49. The number of anilines is 1. The lowest BCUT2D eigenvalue weighted by molar-refractivity contribution is 0.0440. The van der Waals surface area contributed by atoms with Crippen LogP contribution in [0.3, 0.4) is 0 Å². The van der Waals surface area contributed by atoms with Crippen LogP contribution in [0.2, 0.25) is 0 Å². The quantitative estimate of drug-likeness (QED) is 0.774. The summed E-state index contributed by atoms with van der Waals surface area (Å²) in [7, 11) is -3.42. The van der Waals surface area contributed by atoms with E-state index in [1.807, 2.05) is 0 Å². The van der Waals surface area contributed by atoms with Gasteiger partial charge in [0.05, 0.1) is 4.90 Å². The third-order valence-electron chi connectivity index (χ3n) is 6.50. The molecule has 1 aromatic carbocycles.